The van der Waals surface area contributed by atoms with Gasteiger partial charge in [0.25, 0.3) is 0 Å². The molecule has 1 N–H and O–H groups in total. The van der Waals surface area contributed by atoms with E-state index in [1.54, 1.807) is 0 Å². The van der Waals surface area contributed by atoms with Gasteiger partial charge in [-0.2, -0.15) is 0 Å². The van der Waals surface area contributed by atoms with Gasteiger partial charge in [-0.1, -0.05) is 44.5 Å². The van der Waals surface area contributed by atoms with Gasteiger partial charge in [-0.15, -0.1) is 0 Å². The molecule has 2 heteroatoms. The second-order valence-corrected chi connectivity index (χ2v) is 8.42. The van der Waals surface area contributed by atoms with E-state index in [1.165, 1.54) is 18.4 Å². The minimum absolute atomic E-state index is 0.151. The molecule has 0 aliphatic rings. The largest absolute Gasteiger partial charge is 0.311 e. The van der Waals surface area contributed by atoms with Gasteiger partial charge in [-0.05, 0) is 62.6 Å². The van der Waals surface area contributed by atoms with Crippen LogP contribution in [0, 0.1) is 5.41 Å². The van der Waals surface area contributed by atoms with E-state index >= 15 is 0 Å². The first kappa shape index (κ1) is 17.5. The van der Waals surface area contributed by atoms with Crippen LogP contribution in [0.2, 0.25) is 5.02 Å². The van der Waals surface area contributed by atoms with Crippen molar-refractivity contribution in [2.75, 3.05) is 6.54 Å². The van der Waals surface area contributed by atoms with Crippen LogP contribution in [0.25, 0.3) is 0 Å². The molecule has 1 rings (SSSR count). The summed E-state index contributed by atoms with van der Waals surface area (Å²) in [6, 6.07) is 8.31. The summed E-state index contributed by atoms with van der Waals surface area (Å²) in [5.41, 5.74) is 1.87. The van der Waals surface area contributed by atoms with Crippen LogP contribution in [0.1, 0.15) is 65.9 Å². The highest BCUT2D eigenvalue weighted by Gasteiger charge is 2.19. The molecule has 1 atom stereocenters. The lowest BCUT2D eigenvalue weighted by molar-refractivity contribution is 0.330. The summed E-state index contributed by atoms with van der Waals surface area (Å²) < 4.78 is 0. The van der Waals surface area contributed by atoms with Gasteiger partial charge >= 0.3 is 0 Å². The number of benzene rings is 1. The Morgan fingerprint density at radius 2 is 1.75 bits per heavy atom. The molecule has 0 bridgehead atoms. The third kappa shape index (κ3) is 7.31. The summed E-state index contributed by atoms with van der Waals surface area (Å²) in [5.74, 6) is 0.521. The lowest BCUT2D eigenvalue weighted by Crippen LogP contribution is -2.38. The van der Waals surface area contributed by atoms with Crippen molar-refractivity contribution in [2.24, 2.45) is 5.41 Å². The Morgan fingerprint density at radius 3 is 2.25 bits per heavy atom. The molecule has 0 saturated heterocycles. The molecule has 1 aromatic carbocycles. The van der Waals surface area contributed by atoms with Gasteiger partial charge in [0, 0.05) is 17.1 Å². The van der Waals surface area contributed by atoms with E-state index in [-0.39, 0.29) is 5.54 Å². The molecule has 0 fully saturated rings. The van der Waals surface area contributed by atoms with Crippen molar-refractivity contribution in [2.45, 2.75) is 65.8 Å². The number of rotatable bonds is 5. The third-order valence-electron chi connectivity index (χ3n) is 3.44. The zero-order chi connectivity index (χ0) is 15.4. The first-order chi connectivity index (χ1) is 9.07. The molecular formula is C18H30ClN. The molecule has 0 amide bonds. The molecule has 0 saturated carbocycles. The summed E-state index contributed by atoms with van der Waals surface area (Å²) in [7, 11) is 0. The topological polar surface area (TPSA) is 12.0 Å². The quantitative estimate of drug-likeness (QED) is 0.741. The van der Waals surface area contributed by atoms with Crippen LogP contribution in [-0.4, -0.2) is 12.1 Å². The Kier molecular flexibility index (Phi) is 6.09. The third-order valence-corrected chi connectivity index (χ3v) is 3.68. The van der Waals surface area contributed by atoms with E-state index in [4.69, 9.17) is 11.6 Å². The highest BCUT2D eigenvalue weighted by atomic mass is 35.5. The zero-order valence-corrected chi connectivity index (χ0v) is 14.6. The van der Waals surface area contributed by atoms with Crippen molar-refractivity contribution in [3.63, 3.8) is 0 Å². The van der Waals surface area contributed by atoms with E-state index < -0.39 is 0 Å². The van der Waals surface area contributed by atoms with Crippen molar-refractivity contribution in [1.82, 2.24) is 5.32 Å². The first-order valence-corrected chi connectivity index (χ1v) is 7.95. The maximum absolute atomic E-state index is 6.15. The molecule has 1 aromatic rings. The fourth-order valence-corrected chi connectivity index (χ4v) is 2.38. The SMILES string of the molecule is CC(C)(C)CCC(CNC(C)(C)C)c1cccc(Cl)c1. The Labute approximate surface area is 130 Å². The Balaban J connectivity index is 2.78. The van der Waals surface area contributed by atoms with Crippen LogP contribution in [0.5, 0.6) is 0 Å². The summed E-state index contributed by atoms with van der Waals surface area (Å²) in [6.45, 7) is 14.6. The van der Waals surface area contributed by atoms with Crippen molar-refractivity contribution < 1.29 is 0 Å². The van der Waals surface area contributed by atoms with Gasteiger partial charge in [0.05, 0.1) is 0 Å². The van der Waals surface area contributed by atoms with Gasteiger partial charge < -0.3 is 5.32 Å². The number of hydrogen-bond acceptors (Lipinski definition) is 1. The predicted octanol–water partition coefficient (Wildman–Crippen LogP) is 5.64. The highest BCUT2D eigenvalue weighted by molar-refractivity contribution is 6.30. The van der Waals surface area contributed by atoms with Gasteiger partial charge in [0.2, 0.25) is 0 Å². The van der Waals surface area contributed by atoms with Crippen molar-refractivity contribution in [3.8, 4) is 0 Å². The fourth-order valence-electron chi connectivity index (χ4n) is 2.18. The molecule has 0 aromatic heterocycles. The molecule has 0 aliphatic carbocycles. The lowest BCUT2D eigenvalue weighted by Gasteiger charge is -2.28. The van der Waals surface area contributed by atoms with Crippen LogP contribution in [0.3, 0.4) is 0 Å². The Morgan fingerprint density at radius 1 is 1.10 bits per heavy atom. The number of halogens is 1. The monoisotopic (exact) mass is 295 g/mol. The van der Waals surface area contributed by atoms with Crippen molar-refractivity contribution in [1.29, 1.82) is 0 Å². The highest BCUT2D eigenvalue weighted by Crippen LogP contribution is 2.30. The minimum Gasteiger partial charge on any atom is -0.311 e. The van der Waals surface area contributed by atoms with Crippen molar-refractivity contribution in [3.05, 3.63) is 34.9 Å². The molecule has 0 aliphatic heterocycles. The first-order valence-electron chi connectivity index (χ1n) is 7.57. The van der Waals surface area contributed by atoms with Crippen LogP contribution < -0.4 is 5.32 Å². The van der Waals surface area contributed by atoms with E-state index in [0.717, 1.165) is 11.6 Å². The average Bonchev–Trinajstić information content (AvgIpc) is 2.26. The van der Waals surface area contributed by atoms with E-state index in [1.807, 2.05) is 6.07 Å². The Bertz CT molecular complexity index is 394. The van der Waals surface area contributed by atoms with Crippen molar-refractivity contribution >= 4 is 11.6 Å². The van der Waals surface area contributed by atoms with E-state index in [9.17, 15) is 0 Å². The number of nitrogens with one attached hydrogen (secondary N) is 1. The summed E-state index contributed by atoms with van der Waals surface area (Å²) >= 11 is 6.15. The maximum Gasteiger partial charge on any atom is 0.0408 e. The lowest BCUT2D eigenvalue weighted by atomic mass is 9.84. The fraction of sp³-hybridized carbons (Fsp3) is 0.667. The summed E-state index contributed by atoms with van der Waals surface area (Å²) in [6.07, 6.45) is 2.41. The van der Waals surface area contributed by atoms with Crippen LogP contribution in [-0.2, 0) is 0 Å². The zero-order valence-electron chi connectivity index (χ0n) is 13.9. The summed E-state index contributed by atoms with van der Waals surface area (Å²) in [5, 5.41) is 4.47. The van der Waals surface area contributed by atoms with Gasteiger partial charge in [-0.3, -0.25) is 0 Å². The van der Waals surface area contributed by atoms with Crippen LogP contribution >= 0.6 is 11.6 Å². The van der Waals surface area contributed by atoms with E-state index in [0.29, 0.717) is 11.3 Å². The molecular weight excluding hydrogens is 266 g/mol. The Hall–Kier alpha value is -0.530. The molecule has 20 heavy (non-hydrogen) atoms. The number of hydrogen-bond donors (Lipinski definition) is 1. The molecule has 1 nitrogen and oxygen atoms in total. The smallest absolute Gasteiger partial charge is 0.0408 e. The maximum atomic E-state index is 6.15. The minimum atomic E-state index is 0.151. The molecule has 1 unspecified atom stereocenters. The molecule has 114 valence electrons. The second kappa shape index (κ2) is 6.95. The van der Waals surface area contributed by atoms with Gasteiger partial charge in [-0.25, -0.2) is 0 Å². The molecule has 0 heterocycles. The predicted molar refractivity (Wildman–Crippen MR) is 90.6 cm³/mol. The summed E-state index contributed by atoms with van der Waals surface area (Å²) in [4.78, 5) is 0. The average molecular weight is 296 g/mol. The van der Waals surface area contributed by atoms with Gasteiger partial charge in [0.15, 0.2) is 0 Å². The normalized spacial score (nSPS) is 14.3. The van der Waals surface area contributed by atoms with Crippen LogP contribution in [0.15, 0.2) is 24.3 Å². The van der Waals surface area contributed by atoms with E-state index in [2.05, 4.69) is 65.1 Å². The molecule has 0 radical (unpaired) electrons. The van der Waals surface area contributed by atoms with Crippen LogP contribution in [0.4, 0.5) is 0 Å². The molecule has 0 spiro atoms. The standard InChI is InChI=1S/C18H30ClN/c1-17(2,3)11-10-15(13-20-18(4,5)6)14-8-7-9-16(19)12-14/h7-9,12,15,20H,10-11,13H2,1-6H3. The van der Waals surface area contributed by atoms with Gasteiger partial charge in [0.1, 0.15) is 0 Å². The second-order valence-electron chi connectivity index (χ2n) is 7.98.